The number of hydrogen-bond acceptors (Lipinski definition) is 7. The van der Waals surface area contributed by atoms with Crippen LogP contribution in [0.5, 0.6) is 0 Å². The second kappa shape index (κ2) is 44.9. The highest BCUT2D eigenvalue weighted by molar-refractivity contribution is 5.70. The van der Waals surface area contributed by atoms with Gasteiger partial charge in [0.25, 0.3) is 0 Å². The van der Waals surface area contributed by atoms with Crippen molar-refractivity contribution in [3.8, 4) is 0 Å². The topological polar surface area (TPSA) is 102 Å². The Morgan fingerprint density at radius 3 is 1.29 bits per heavy atom. The van der Waals surface area contributed by atoms with Gasteiger partial charge in [-0.05, 0) is 57.8 Å². The van der Waals surface area contributed by atoms with E-state index in [1.165, 1.54) is 116 Å². The van der Waals surface area contributed by atoms with Gasteiger partial charge in [-0.2, -0.15) is 0 Å². The Labute approximate surface area is 382 Å². The molecule has 2 atom stereocenters. The molecule has 0 saturated heterocycles. The molecule has 0 bridgehead atoms. The molecule has 8 heteroatoms. The third kappa shape index (κ3) is 42.6. The van der Waals surface area contributed by atoms with E-state index in [1.807, 2.05) is 0 Å². The monoisotopic (exact) mass is 872 g/mol. The van der Waals surface area contributed by atoms with Crippen molar-refractivity contribution in [2.24, 2.45) is 0 Å². The Kier molecular flexibility index (Phi) is 42.9. The highest BCUT2D eigenvalue weighted by Gasteiger charge is 2.25. The van der Waals surface area contributed by atoms with Crippen LogP contribution in [0.1, 0.15) is 226 Å². The van der Waals surface area contributed by atoms with E-state index in [9.17, 15) is 19.5 Å². The van der Waals surface area contributed by atoms with Gasteiger partial charge in [-0.1, -0.05) is 197 Å². The zero-order chi connectivity index (χ0) is 45.6. The molecule has 0 aromatic heterocycles. The number of carboxylic acids is 1. The summed E-state index contributed by atoms with van der Waals surface area (Å²) in [6.07, 6.45) is 54.2. The zero-order valence-electron chi connectivity index (χ0n) is 41.0. The van der Waals surface area contributed by atoms with E-state index in [0.717, 1.165) is 77.0 Å². The molecule has 0 aliphatic heterocycles. The number of carbonyl (C=O) groups excluding carboxylic acids is 3. The third-order valence-electron chi connectivity index (χ3n) is 11.5. The molecule has 0 heterocycles. The van der Waals surface area contributed by atoms with Gasteiger partial charge in [0.05, 0.1) is 40.3 Å². The molecule has 0 amide bonds. The van der Waals surface area contributed by atoms with Gasteiger partial charge in [0.15, 0.2) is 6.10 Å². The molecule has 2 unspecified atom stereocenters. The maximum Gasteiger partial charge on any atom is 0.306 e. The summed E-state index contributed by atoms with van der Waals surface area (Å²) in [6.45, 7) is 4.64. The molecule has 0 aromatic carbocycles. The van der Waals surface area contributed by atoms with Crippen LogP contribution in [0.15, 0.2) is 48.6 Å². The average molecular weight is 872 g/mol. The van der Waals surface area contributed by atoms with Crippen molar-refractivity contribution >= 4 is 17.9 Å². The first-order chi connectivity index (χ1) is 30.1. The van der Waals surface area contributed by atoms with Crippen LogP contribution in [0.3, 0.4) is 0 Å². The zero-order valence-corrected chi connectivity index (χ0v) is 41.0. The summed E-state index contributed by atoms with van der Waals surface area (Å²) in [5, 5.41) is 11.7. The van der Waals surface area contributed by atoms with Crippen LogP contribution < -0.4 is 5.11 Å². The van der Waals surface area contributed by atoms with Crippen LogP contribution in [-0.4, -0.2) is 75.5 Å². The number of ether oxygens (including phenoxy) is 3. The molecule has 0 fully saturated rings. The number of allylic oxidation sites excluding steroid dienone is 8. The molecular formula is C54H97NO7. The first kappa shape index (κ1) is 59.3. The van der Waals surface area contributed by atoms with E-state index in [4.69, 9.17) is 14.2 Å². The Bertz CT molecular complexity index is 1150. The minimum atomic E-state index is -1.13. The SMILES string of the molecule is CCCCC/C=C/C/C=C/C/C=C/C/C=C/CCCCCCCC(=O)OCC(COCCC(C(=O)[O-])[N+](C)(C)C)OC(=O)CCCCCCCCCCCCCCCCCCC. The van der Waals surface area contributed by atoms with E-state index in [1.54, 1.807) is 21.1 Å². The van der Waals surface area contributed by atoms with Gasteiger partial charge in [-0.15, -0.1) is 0 Å². The van der Waals surface area contributed by atoms with Gasteiger partial charge >= 0.3 is 11.9 Å². The van der Waals surface area contributed by atoms with E-state index >= 15 is 0 Å². The Morgan fingerprint density at radius 2 is 0.855 bits per heavy atom. The lowest BCUT2D eigenvalue weighted by molar-refractivity contribution is -0.889. The molecule has 0 aliphatic rings. The van der Waals surface area contributed by atoms with E-state index < -0.39 is 18.1 Å². The number of hydrogen-bond donors (Lipinski definition) is 0. The van der Waals surface area contributed by atoms with Gasteiger partial charge in [0.1, 0.15) is 12.6 Å². The first-order valence-corrected chi connectivity index (χ1v) is 25.7. The van der Waals surface area contributed by atoms with Crippen molar-refractivity contribution in [1.82, 2.24) is 0 Å². The third-order valence-corrected chi connectivity index (χ3v) is 11.5. The molecule has 360 valence electrons. The van der Waals surface area contributed by atoms with Crippen molar-refractivity contribution in [2.45, 2.75) is 238 Å². The van der Waals surface area contributed by atoms with Crippen molar-refractivity contribution in [3.05, 3.63) is 48.6 Å². The quantitative estimate of drug-likeness (QED) is 0.0260. The van der Waals surface area contributed by atoms with E-state index in [0.29, 0.717) is 12.8 Å². The van der Waals surface area contributed by atoms with E-state index in [-0.39, 0.29) is 42.7 Å². The Hall–Kier alpha value is -2.71. The van der Waals surface area contributed by atoms with Gasteiger partial charge in [-0.3, -0.25) is 9.59 Å². The number of carbonyl (C=O) groups is 3. The summed E-state index contributed by atoms with van der Waals surface area (Å²) in [5.41, 5.74) is 0. The molecule has 8 nitrogen and oxygen atoms in total. The standard InChI is InChI=1S/C54H97NO7/c1-6-8-10-12-14-16-18-20-22-24-25-26-27-29-30-32-34-36-38-40-42-44-52(56)61-49-50(48-60-47-46-51(54(58)59)55(3,4)5)62-53(57)45-43-41-39-37-35-33-31-28-23-21-19-17-15-13-11-9-7-2/h14,16,20,22,25-26,29-30,50-51H,6-13,15,17-19,21,23-24,27-28,31-49H2,1-5H3/b16-14+,22-20+,26-25+,30-29+. The van der Waals surface area contributed by atoms with Crippen molar-refractivity contribution in [2.75, 3.05) is 41.0 Å². The van der Waals surface area contributed by atoms with Gasteiger partial charge in [0, 0.05) is 19.3 Å². The van der Waals surface area contributed by atoms with Crippen LogP contribution >= 0.6 is 0 Å². The second-order valence-electron chi connectivity index (χ2n) is 18.4. The summed E-state index contributed by atoms with van der Waals surface area (Å²) in [7, 11) is 5.41. The van der Waals surface area contributed by atoms with Crippen LogP contribution in [0.2, 0.25) is 0 Å². The number of unbranched alkanes of at least 4 members (excludes halogenated alkanes) is 24. The summed E-state index contributed by atoms with van der Waals surface area (Å²) in [6, 6.07) is -0.729. The number of esters is 2. The fourth-order valence-electron chi connectivity index (χ4n) is 7.47. The molecule has 0 aromatic rings. The lowest BCUT2D eigenvalue weighted by atomic mass is 10.0. The first-order valence-electron chi connectivity index (χ1n) is 25.7. The normalized spacial score (nSPS) is 13.2. The minimum Gasteiger partial charge on any atom is -0.544 e. The molecule has 0 N–H and O–H groups in total. The van der Waals surface area contributed by atoms with Crippen LogP contribution in [0.25, 0.3) is 0 Å². The molecule has 0 saturated carbocycles. The van der Waals surface area contributed by atoms with Crippen LogP contribution in [0, 0.1) is 0 Å². The van der Waals surface area contributed by atoms with Crippen molar-refractivity contribution in [3.63, 3.8) is 0 Å². The molecule has 0 aliphatic carbocycles. The average Bonchev–Trinajstić information content (AvgIpc) is 3.23. The Morgan fingerprint density at radius 1 is 0.484 bits per heavy atom. The molecule has 62 heavy (non-hydrogen) atoms. The van der Waals surface area contributed by atoms with Crippen molar-refractivity contribution < 1.29 is 38.2 Å². The Balaban J connectivity index is 4.28. The fourth-order valence-corrected chi connectivity index (χ4v) is 7.47. The molecule has 0 rings (SSSR count). The smallest absolute Gasteiger partial charge is 0.306 e. The minimum absolute atomic E-state index is 0.0361. The van der Waals surface area contributed by atoms with Gasteiger partial charge in [0.2, 0.25) is 0 Å². The van der Waals surface area contributed by atoms with Crippen molar-refractivity contribution in [1.29, 1.82) is 0 Å². The maximum absolute atomic E-state index is 12.8. The molecule has 0 radical (unpaired) electrons. The lowest BCUT2D eigenvalue weighted by Gasteiger charge is -2.34. The largest absolute Gasteiger partial charge is 0.544 e. The molecular weight excluding hydrogens is 775 g/mol. The van der Waals surface area contributed by atoms with Crippen LogP contribution in [-0.2, 0) is 28.6 Å². The highest BCUT2D eigenvalue weighted by Crippen LogP contribution is 2.16. The number of likely N-dealkylation sites (N-methyl/N-ethyl adjacent to an activating group) is 1. The number of aliphatic carboxylic acids is 1. The molecule has 0 spiro atoms. The van der Waals surface area contributed by atoms with Gasteiger partial charge in [-0.25, -0.2) is 0 Å². The number of rotatable bonds is 46. The predicted octanol–water partition coefficient (Wildman–Crippen LogP) is 13.4. The number of quaternary nitrogens is 1. The second-order valence-corrected chi connectivity index (χ2v) is 18.4. The van der Waals surface area contributed by atoms with Gasteiger partial charge < -0.3 is 28.6 Å². The fraction of sp³-hybridized carbons (Fsp3) is 0.796. The summed E-state index contributed by atoms with van der Waals surface area (Å²) < 4.78 is 17.2. The maximum atomic E-state index is 12.8. The summed E-state index contributed by atoms with van der Waals surface area (Å²) >= 11 is 0. The highest BCUT2D eigenvalue weighted by atomic mass is 16.6. The summed E-state index contributed by atoms with van der Waals surface area (Å²) in [4.78, 5) is 37.0. The number of carboxylic acid groups (broad SMARTS) is 1. The van der Waals surface area contributed by atoms with E-state index in [2.05, 4.69) is 62.5 Å². The predicted molar refractivity (Wildman–Crippen MR) is 259 cm³/mol. The summed E-state index contributed by atoms with van der Waals surface area (Å²) in [5.74, 6) is -1.75. The van der Waals surface area contributed by atoms with Crippen LogP contribution in [0.4, 0.5) is 0 Å². The lowest BCUT2D eigenvalue weighted by Crippen LogP contribution is -2.55. The number of nitrogens with zero attached hydrogens (tertiary/aromatic N) is 1.